The summed E-state index contributed by atoms with van der Waals surface area (Å²) in [4.78, 5) is 4.02. The van der Waals surface area contributed by atoms with Crippen molar-refractivity contribution in [3.63, 3.8) is 0 Å². The molecule has 0 amide bonds. The Morgan fingerprint density at radius 3 is 2.13 bits per heavy atom. The van der Waals surface area contributed by atoms with Crippen LogP contribution in [0.25, 0.3) is 80.7 Å². The number of nitrogens with zero attached hydrogens (tertiary/aromatic N) is 2. The first-order chi connectivity index (χ1) is 26.1. The predicted octanol–water partition coefficient (Wildman–Crippen LogP) is 11.8. The summed E-state index contributed by atoms with van der Waals surface area (Å²) in [5.41, 5.74) is 16.0. The molecule has 4 heteroatoms. The minimum atomic E-state index is -0.101. The topological polar surface area (TPSA) is 8.17 Å². The van der Waals surface area contributed by atoms with Gasteiger partial charge in [0.05, 0.1) is 5.52 Å². The molecule has 0 saturated carbocycles. The molecule has 10 aromatic rings. The van der Waals surface area contributed by atoms with Crippen LogP contribution < -0.4 is 15.7 Å². The van der Waals surface area contributed by atoms with Crippen molar-refractivity contribution in [3.05, 3.63) is 163 Å². The zero-order valence-corrected chi connectivity index (χ0v) is 30.1. The van der Waals surface area contributed by atoms with Gasteiger partial charge in [0.1, 0.15) is 4.83 Å². The van der Waals surface area contributed by atoms with Crippen molar-refractivity contribution in [2.24, 2.45) is 0 Å². The molecular weight excluding hydrogens is 659 g/mol. The largest absolute Gasteiger partial charge is 0.376 e. The molecule has 0 bridgehead atoms. The van der Waals surface area contributed by atoms with Gasteiger partial charge in [-0.15, -0.1) is 11.3 Å². The maximum atomic E-state index is 2.69. The molecule has 0 atom stereocenters. The van der Waals surface area contributed by atoms with Gasteiger partial charge in [-0.1, -0.05) is 129 Å². The van der Waals surface area contributed by atoms with Gasteiger partial charge in [-0.25, -0.2) is 0 Å². The van der Waals surface area contributed by atoms with E-state index >= 15 is 0 Å². The highest BCUT2D eigenvalue weighted by molar-refractivity contribution is 7.26. The van der Waals surface area contributed by atoms with Gasteiger partial charge in [-0.3, -0.25) is 0 Å². The van der Waals surface area contributed by atoms with Crippen LogP contribution in [-0.2, 0) is 5.41 Å². The Labute approximate surface area is 311 Å². The molecule has 1 aliphatic carbocycles. The molecule has 0 saturated heterocycles. The van der Waals surface area contributed by atoms with Crippen molar-refractivity contribution in [1.29, 1.82) is 0 Å². The highest BCUT2D eigenvalue weighted by Crippen LogP contribution is 2.53. The number of aromatic nitrogens is 1. The summed E-state index contributed by atoms with van der Waals surface area (Å²) >= 11 is 1.92. The highest BCUT2D eigenvalue weighted by Gasteiger charge is 2.45. The normalized spacial score (nSPS) is 14.7. The standard InChI is InChI=1S/C49H31BN2S/c1-49(2)38-19-9-7-16-33(38)34-23-22-31(27-39(34)49)52-41-25-29-13-4-3-12-28(29)24-37(41)44-32-15-6-5-14-30(32)26-42-46(44)50(52)40-20-11-18-36-45-35-17-8-10-21-43(35)53-48(45)51(42)47(36)40/h3-27H,1-2H3. The monoisotopic (exact) mass is 690 g/mol. The summed E-state index contributed by atoms with van der Waals surface area (Å²) in [5.74, 6) is 0. The molecule has 3 aliphatic rings. The molecule has 246 valence electrons. The lowest BCUT2D eigenvalue weighted by Gasteiger charge is -2.43. The highest BCUT2D eigenvalue weighted by atomic mass is 32.1. The average molecular weight is 691 g/mol. The molecule has 0 unspecified atom stereocenters. The van der Waals surface area contributed by atoms with Crippen LogP contribution in [0.3, 0.4) is 0 Å². The summed E-state index contributed by atoms with van der Waals surface area (Å²) in [7, 11) is 0. The van der Waals surface area contributed by atoms with E-state index in [4.69, 9.17) is 0 Å². The van der Waals surface area contributed by atoms with Gasteiger partial charge < -0.3 is 9.38 Å². The Morgan fingerprint density at radius 1 is 0.547 bits per heavy atom. The van der Waals surface area contributed by atoms with Crippen LogP contribution in [0, 0.1) is 0 Å². The molecule has 2 aromatic heterocycles. The van der Waals surface area contributed by atoms with Crippen molar-refractivity contribution < 1.29 is 0 Å². The van der Waals surface area contributed by atoms with Crippen LogP contribution >= 0.6 is 11.3 Å². The average Bonchev–Trinajstić information content (AvgIpc) is 3.81. The quantitative estimate of drug-likeness (QED) is 0.156. The molecule has 0 N–H and O–H groups in total. The van der Waals surface area contributed by atoms with Crippen molar-refractivity contribution >= 4 is 93.2 Å². The van der Waals surface area contributed by atoms with Crippen LogP contribution in [0.5, 0.6) is 0 Å². The SMILES string of the molecule is CC1(C)c2ccccc2-c2ccc(N3B4c5c(cc6ccccc6c5-c5cc6ccccc6cc53)-n3c5sc6ccccc6c5c5cccc4c53)cc21. The summed E-state index contributed by atoms with van der Waals surface area (Å²) in [5, 5.41) is 9.17. The van der Waals surface area contributed by atoms with E-state index in [1.54, 1.807) is 0 Å². The number of para-hydroxylation sites is 1. The second kappa shape index (κ2) is 9.66. The van der Waals surface area contributed by atoms with Crippen LogP contribution in [0.2, 0.25) is 0 Å². The Hall–Kier alpha value is -6.10. The van der Waals surface area contributed by atoms with Crippen LogP contribution in [0.4, 0.5) is 11.4 Å². The van der Waals surface area contributed by atoms with E-state index < -0.39 is 0 Å². The van der Waals surface area contributed by atoms with E-state index in [0.717, 1.165) is 0 Å². The molecule has 2 nitrogen and oxygen atoms in total. The van der Waals surface area contributed by atoms with Gasteiger partial charge >= 0.3 is 6.85 Å². The van der Waals surface area contributed by atoms with Crippen LogP contribution in [0.1, 0.15) is 25.0 Å². The maximum Gasteiger partial charge on any atom is 0.333 e. The molecule has 0 fully saturated rings. The molecular formula is C49H31BN2S. The van der Waals surface area contributed by atoms with Gasteiger partial charge in [0.25, 0.3) is 0 Å². The van der Waals surface area contributed by atoms with Crippen molar-refractivity contribution in [2.45, 2.75) is 19.3 Å². The molecule has 13 rings (SSSR count). The number of rotatable bonds is 1. The zero-order chi connectivity index (χ0) is 34.7. The van der Waals surface area contributed by atoms with Crippen LogP contribution in [0.15, 0.2) is 152 Å². The van der Waals surface area contributed by atoms with E-state index in [1.807, 2.05) is 11.3 Å². The first-order valence-electron chi connectivity index (χ1n) is 18.6. The smallest absolute Gasteiger partial charge is 0.333 e. The molecule has 0 radical (unpaired) electrons. The molecule has 8 aromatic carbocycles. The van der Waals surface area contributed by atoms with Crippen molar-refractivity contribution in [3.8, 4) is 27.9 Å². The molecule has 2 aliphatic heterocycles. The predicted molar refractivity (Wildman–Crippen MR) is 228 cm³/mol. The fraction of sp³-hybridized carbons (Fsp3) is 0.0612. The van der Waals surface area contributed by atoms with E-state index in [9.17, 15) is 0 Å². The molecule has 4 heterocycles. The van der Waals surface area contributed by atoms with Gasteiger partial charge in [0.2, 0.25) is 0 Å². The summed E-state index contributed by atoms with van der Waals surface area (Å²) in [6, 6.07) is 57.6. The third-order valence-corrected chi connectivity index (χ3v) is 13.9. The number of hydrogen-bond acceptors (Lipinski definition) is 2. The molecule has 0 spiro atoms. The van der Waals surface area contributed by atoms with Gasteiger partial charge in [-0.2, -0.15) is 0 Å². The Morgan fingerprint density at radius 2 is 1.25 bits per heavy atom. The number of fused-ring (bicyclic) bond motifs is 15. The maximum absolute atomic E-state index is 2.69. The summed E-state index contributed by atoms with van der Waals surface area (Å²) < 4.78 is 3.96. The number of hydrogen-bond donors (Lipinski definition) is 0. The van der Waals surface area contributed by atoms with Gasteiger partial charge in [0.15, 0.2) is 0 Å². The Bertz CT molecular complexity index is 3290. The zero-order valence-electron chi connectivity index (χ0n) is 29.3. The lowest BCUT2D eigenvalue weighted by atomic mass is 9.43. The van der Waals surface area contributed by atoms with Gasteiger partial charge in [0, 0.05) is 48.9 Å². The number of benzene rings is 8. The third-order valence-electron chi connectivity index (χ3n) is 12.7. The number of anilines is 2. The first kappa shape index (κ1) is 28.5. The van der Waals surface area contributed by atoms with Crippen molar-refractivity contribution in [1.82, 2.24) is 4.57 Å². The Balaban J connectivity index is 1.21. The van der Waals surface area contributed by atoms with Gasteiger partial charge in [-0.05, 0) is 96.7 Å². The van der Waals surface area contributed by atoms with Crippen LogP contribution in [-0.4, -0.2) is 11.4 Å². The van der Waals surface area contributed by atoms with E-state index in [1.165, 1.54) is 114 Å². The first-order valence-corrected chi connectivity index (χ1v) is 19.5. The second-order valence-corrected chi connectivity index (χ2v) is 16.7. The Kier molecular flexibility index (Phi) is 5.19. The minimum Gasteiger partial charge on any atom is -0.376 e. The fourth-order valence-electron chi connectivity index (χ4n) is 10.4. The second-order valence-electron chi connectivity index (χ2n) is 15.7. The van der Waals surface area contributed by atoms with E-state index in [-0.39, 0.29) is 12.3 Å². The lowest BCUT2D eigenvalue weighted by molar-refractivity contribution is 0.660. The summed E-state index contributed by atoms with van der Waals surface area (Å²) in [6.07, 6.45) is 0. The minimum absolute atomic E-state index is 0.0188. The van der Waals surface area contributed by atoms with E-state index in [0.29, 0.717) is 0 Å². The van der Waals surface area contributed by atoms with E-state index in [2.05, 4.69) is 175 Å². The van der Waals surface area contributed by atoms with Crippen molar-refractivity contribution in [2.75, 3.05) is 4.81 Å². The lowest BCUT2D eigenvalue weighted by Crippen LogP contribution is -2.60. The fourth-order valence-corrected chi connectivity index (χ4v) is 11.7. The third kappa shape index (κ3) is 3.42. The molecule has 53 heavy (non-hydrogen) atoms. The number of thiophene rings is 1. The summed E-state index contributed by atoms with van der Waals surface area (Å²) in [6.45, 7) is 4.77.